The van der Waals surface area contributed by atoms with E-state index in [0.717, 1.165) is 56.1 Å². The van der Waals surface area contributed by atoms with Crippen LogP contribution in [0.5, 0.6) is 0 Å². The van der Waals surface area contributed by atoms with E-state index in [-0.39, 0.29) is 12.0 Å². The summed E-state index contributed by atoms with van der Waals surface area (Å²) in [6, 6.07) is 2.06. The summed E-state index contributed by atoms with van der Waals surface area (Å²) in [5.41, 5.74) is 1.07. The van der Waals surface area contributed by atoms with Gasteiger partial charge in [0, 0.05) is 36.7 Å². The molecule has 0 saturated carbocycles. The first kappa shape index (κ1) is 14.3. The van der Waals surface area contributed by atoms with Gasteiger partial charge in [-0.05, 0) is 26.2 Å². The Morgan fingerprint density at radius 2 is 2.16 bits per heavy atom. The highest BCUT2D eigenvalue weighted by Crippen LogP contribution is 2.34. The van der Waals surface area contributed by atoms with Gasteiger partial charge in [-0.1, -0.05) is 13.8 Å². The fourth-order valence-corrected chi connectivity index (χ4v) is 2.87. The van der Waals surface area contributed by atoms with Crippen LogP contribution in [0.4, 0.5) is 5.82 Å². The first-order valence-electron chi connectivity index (χ1n) is 7.33. The molecule has 1 aromatic rings. The second kappa shape index (κ2) is 5.87. The Bertz CT molecular complexity index is 429. The van der Waals surface area contributed by atoms with Crippen molar-refractivity contribution in [2.24, 2.45) is 5.41 Å². The quantitative estimate of drug-likeness (QED) is 0.906. The van der Waals surface area contributed by atoms with Crippen LogP contribution in [0, 0.1) is 12.3 Å². The van der Waals surface area contributed by atoms with Crippen molar-refractivity contribution in [3.63, 3.8) is 0 Å². The predicted molar refractivity (Wildman–Crippen MR) is 77.4 cm³/mol. The molecule has 19 heavy (non-hydrogen) atoms. The molecule has 0 bridgehead atoms. The van der Waals surface area contributed by atoms with Gasteiger partial charge in [-0.3, -0.25) is 0 Å². The van der Waals surface area contributed by atoms with Crippen molar-refractivity contribution in [1.29, 1.82) is 0 Å². The van der Waals surface area contributed by atoms with Crippen molar-refractivity contribution in [2.45, 2.75) is 46.5 Å². The van der Waals surface area contributed by atoms with Gasteiger partial charge in [-0.25, -0.2) is 9.97 Å². The zero-order valence-electron chi connectivity index (χ0n) is 12.3. The van der Waals surface area contributed by atoms with E-state index < -0.39 is 0 Å². The fraction of sp³-hybridized carbons (Fsp3) is 0.733. The minimum atomic E-state index is 0.0451. The molecule has 1 aromatic heterocycles. The lowest BCUT2D eigenvalue weighted by Crippen LogP contribution is -2.45. The molecule has 1 aliphatic heterocycles. The van der Waals surface area contributed by atoms with Crippen LogP contribution in [0.1, 0.15) is 44.6 Å². The molecule has 2 heterocycles. The van der Waals surface area contributed by atoms with Gasteiger partial charge in [-0.15, -0.1) is 0 Å². The zero-order valence-corrected chi connectivity index (χ0v) is 12.3. The summed E-state index contributed by atoms with van der Waals surface area (Å²) in [4.78, 5) is 11.4. The molecule has 2 rings (SSSR count). The van der Waals surface area contributed by atoms with E-state index in [1.54, 1.807) is 0 Å². The van der Waals surface area contributed by atoms with Crippen LogP contribution in [-0.4, -0.2) is 34.8 Å². The number of aliphatic hydroxyl groups excluding tert-OH is 1. The number of hydrogen-bond donors (Lipinski definition) is 1. The maximum absolute atomic E-state index is 9.70. The number of rotatable bonds is 4. The highest BCUT2D eigenvalue weighted by Gasteiger charge is 2.33. The van der Waals surface area contributed by atoms with Crippen LogP contribution >= 0.6 is 0 Å². The van der Waals surface area contributed by atoms with E-state index in [0.29, 0.717) is 0 Å². The molecule has 1 fully saturated rings. The number of anilines is 1. The maximum Gasteiger partial charge on any atom is 0.132 e. The molecule has 0 radical (unpaired) electrons. The lowest BCUT2D eigenvalue weighted by Gasteiger charge is -2.42. The molecule has 1 saturated heterocycles. The Morgan fingerprint density at radius 3 is 2.79 bits per heavy atom. The standard InChI is InChI=1S/C15H25N3O/c1-4-13-16-12(3)9-14(17-13)18-8-6-7-15(5-2,10-18)11-19/h9,19H,4-8,10-11H2,1-3H3. The van der Waals surface area contributed by atoms with Crippen molar-refractivity contribution in [3.05, 3.63) is 17.6 Å². The van der Waals surface area contributed by atoms with E-state index in [1.165, 1.54) is 0 Å². The van der Waals surface area contributed by atoms with Crippen LogP contribution in [0.15, 0.2) is 6.07 Å². The molecule has 0 aromatic carbocycles. The van der Waals surface area contributed by atoms with Crippen molar-refractivity contribution in [3.8, 4) is 0 Å². The SMILES string of the molecule is CCc1nc(C)cc(N2CCCC(CC)(CO)C2)n1. The van der Waals surface area contributed by atoms with Crippen LogP contribution in [-0.2, 0) is 6.42 Å². The van der Waals surface area contributed by atoms with E-state index in [1.807, 2.05) is 6.92 Å². The van der Waals surface area contributed by atoms with Crippen molar-refractivity contribution >= 4 is 5.82 Å². The van der Waals surface area contributed by atoms with Gasteiger partial charge in [0.25, 0.3) is 0 Å². The summed E-state index contributed by atoms with van der Waals surface area (Å²) < 4.78 is 0. The molecule has 0 spiro atoms. The van der Waals surface area contributed by atoms with Gasteiger partial charge in [0.15, 0.2) is 0 Å². The molecule has 106 valence electrons. The molecule has 0 aliphatic carbocycles. The Balaban J connectivity index is 2.24. The number of aryl methyl sites for hydroxylation is 2. The fourth-order valence-electron chi connectivity index (χ4n) is 2.87. The predicted octanol–water partition coefficient (Wildman–Crippen LogP) is 2.34. The average molecular weight is 263 g/mol. The Morgan fingerprint density at radius 1 is 1.37 bits per heavy atom. The molecule has 1 aliphatic rings. The minimum Gasteiger partial charge on any atom is -0.396 e. The topological polar surface area (TPSA) is 49.2 Å². The Hall–Kier alpha value is -1.16. The Kier molecular flexibility index (Phi) is 4.40. The molecular weight excluding hydrogens is 238 g/mol. The van der Waals surface area contributed by atoms with E-state index in [4.69, 9.17) is 0 Å². The summed E-state index contributed by atoms with van der Waals surface area (Å²) in [5.74, 6) is 1.93. The van der Waals surface area contributed by atoms with E-state index >= 15 is 0 Å². The third kappa shape index (κ3) is 3.06. The van der Waals surface area contributed by atoms with Crippen LogP contribution in [0.25, 0.3) is 0 Å². The second-order valence-electron chi connectivity index (χ2n) is 5.67. The van der Waals surface area contributed by atoms with E-state index in [2.05, 4.69) is 34.8 Å². The number of aliphatic hydroxyl groups is 1. The zero-order chi connectivity index (χ0) is 13.9. The molecule has 1 atom stereocenters. The van der Waals surface area contributed by atoms with Gasteiger partial charge >= 0.3 is 0 Å². The maximum atomic E-state index is 9.70. The average Bonchev–Trinajstić information content (AvgIpc) is 2.46. The smallest absolute Gasteiger partial charge is 0.132 e. The molecule has 0 amide bonds. The number of nitrogens with zero attached hydrogens (tertiary/aromatic N) is 3. The number of hydrogen-bond acceptors (Lipinski definition) is 4. The largest absolute Gasteiger partial charge is 0.396 e. The molecule has 1 unspecified atom stereocenters. The van der Waals surface area contributed by atoms with Gasteiger partial charge in [-0.2, -0.15) is 0 Å². The molecular formula is C15H25N3O. The lowest BCUT2D eigenvalue weighted by molar-refractivity contribution is 0.101. The van der Waals surface area contributed by atoms with Crippen LogP contribution in [0.2, 0.25) is 0 Å². The van der Waals surface area contributed by atoms with E-state index in [9.17, 15) is 5.11 Å². The monoisotopic (exact) mass is 263 g/mol. The van der Waals surface area contributed by atoms with Crippen molar-refractivity contribution in [1.82, 2.24) is 9.97 Å². The summed E-state index contributed by atoms with van der Waals surface area (Å²) in [6.45, 7) is 8.47. The molecule has 1 N–H and O–H groups in total. The summed E-state index contributed by atoms with van der Waals surface area (Å²) in [5, 5.41) is 9.70. The first-order valence-corrected chi connectivity index (χ1v) is 7.33. The lowest BCUT2D eigenvalue weighted by atomic mass is 9.78. The third-order valence-electron chi connectivity index (χ3n) is 4.27. The van der Waals surface area contributed by atoms with Crippen LogP contribution < -0.4 is 4.90 Å². The number of piperidine rings is 1. The Labute approximate surface area is 115 Å². The molecule has 4 heteroatoms. The van der Waals surface area contributed by atoms with Crippen molar-refractivity contribution < 1.29 is 5.11 Å². The first-order chi connectivity index (χ1) is 9.12. The van der Waals surface area contributed by atoms with Crippen molar-refractivity contribution in [2.75, 3.05) is 24.6 Å². The van der Waals surface area contributed by atoms with Gasteiger partial charge in [0.05, 0.1) is 6.61 Å². The molecule has 4 nitrogen and oxygen atoms in total. The minimum absolute atomic E-state index is 0.0451. The third-order valence-corrected chi connectivity index (χ3v) is 4.27. The van der Waals surface area contributed by atoms with Gasteiger partial charge in [0.2, 0.25) is 0 Å². The normalized spacial score (nSPS) is 23.7. The summed E-state index contributed by atoms with van der Waals surface area (Å²) in [6.07, 6.45) is 4.12. The van der Waals surface area contributed by atoms with Crippen LogP contribution in [0.3, 0.4) is 0 Å². The summed E-state index contributed by atoms with van der Waals surface area (Å²) in [7, 11) is 0. The highest BCUT2D eigenvalue weighted by molar-refractivity contribution is 5.40. The van der Waals surface area contributed by atoms with Gasteiger partial charge in [0.1, 0.15) is 11.6 Å². The highest BCUT2D eigenvalue weighted by atomic mass is 16.3. The summed E-state index contributed by atoms with van der Waals surface area (Å²) >= 11 is 0. The second-order valence-corrected chi connectivity index (χ2v) is 5.67. The number of aromatic nitrogens is 2. The van der Waals surface area contributed by atoms with Gasteiger partial charge < -0.3 is 10.0 Å².